The van der Waals surface area contributed by atoms with E-state index < -0.39 is 0 Å². The summed E-state index contributed by atoms with van der Waals surface area (Å²) in [5.74, 6) is 2.09. The van der Waals surface area contributed by atoms with E-state index in [2.05, 4.69) is 45.6 Å². The van der Waals surface area contributed by atoms with Crippen molar-refractivity contribution in [3.8, 4) is 0 Å². The molecule has 7 nitrogen and oxygen atoms in total. The number of carbonyl (C=O) groups excluding carboxylic acids is 1. The fourth-order valence-electron chi connectivity index (χ4n) is 7.12. The molecule has 3 heterocycles. The van der Waals surface area contributed by atoms with Crippen LogP contribution in [0.3, 0.4) is 0 Å². The lowest BCUT2D eigenvalue weighted by molar-refractivity contribution is -0.121. The summed E-state index contributed by atoms with van der Waals surface area (Å²) in [6.07, 6.45) is 4.33. The molecule has 1 spiro atoms. The van der Waals surface area contributed by atoms with Crippen LogP contribution in [0.25, 0.3) is 0 Å². The second-order valence-electron chi connectivity index (χ2n) is 11.7. The van der Waals surface area contributed by atoms with E-state index in [9.17, 15) is 4.79 Å². The van der Waals surface area contributed by atoms with Gasteiger partial charge in [-0.1, -0.05) is 25.5 Å². The normalized spacial score (nSPS) is 44.2. The van der Waals surface area contributed by atoms with Gasteiger partial charge in [-0.2, -0.15) is 0 Å². The van der Waals surface area contributed by atoms with Crippen molar-refractivity contribution in [2.45, 2.75) is 83.4 Å². The molecule has 0 N–H and O–H groups in total. The number of likely N-dealkylation sites (tertiary alicyclic amines) is 1. The van der Waals surface area contributed by atoms with Gasteiger partial charge in [-0.15, -0.1) is 0 Å². The predicted octanol–water partition coefficient (Wildman–Crippen LogP) is 3.72. The van der Waals surface area contributed by atoms with Crippen LogP contribution >= 0.6 is 0 Å². The number of epoxide rings is 2. The minimum atomic E-state index is -0.304. The number of hydrogen-bond donors (Lipinski definition) is 0. The zero-order valence-corrected chi connectivity index (χ0v) is 21.9. The summed E-state index contributed by atoms with van der Waals surface area (Å²) in [7, 11) is 1.74. The molecule has 5 aliphatic rings. The van der Waals surface area contributed by atoms with E-state index >= 15 is 0 Å². The molecule has 0 aromatic heterocycles. The molecule has 192 valence electrons. The van der Waals surface area contributed by atoms with E-state index in [1.165, 1.54) is 5.57 Å². The molecular formula is C27H44N2O5. The number of piperidine rings is 1. The van der Waals surface area contributed by atoms with Gasteiger partial charge in [0, 0.05) is 26.7 Å². The Morgan fingerprint density at radius 1 is 1.21 bits per heavy atom. The molecular weight excluding hydrogens is 432 g/mol. The van der Waals surface area contributed by atoms with Crippen LogP contribution in [0.15, 0.2) is 11.6 Å². The first-order valence-corrected chi connectivity index (χ1v) is 13.4. The molecule has 0 aromatic carbocycles. The number of fused-ring (bicyclic) bond motifs is 1. The lowest BCUT2D eigenvalue weighted by atomic mass is 9.68. The maximum Gasteiger partial charge on any atom is 0.410 e. The minimum absolute atomic E-state index is 0.0672. The van der Waals surface area contributed by atoms with Gasteiger partial charge in [0.2, 0.25) is 0 Å². The van der Waals surface area contributed by atoms with Crippen molar-refractivity contribution in [2.75, 3.05) is 46.4 Å². The highest BCUT2D eigenvalue weighted by Crippen LogP contribution is 2.60. The van der Waals surface area contributed by atoms with Crippen LogP contribution in [0.4, 0.5) is 4.79 Å². The molecule has 9 atom stereocenters. The molecule has 1 amide bonds. The van der Waals surface area contributed by atoms with Crippen molar-refractivity contribution in [1.82, 2.24) is 9.80 Å². The maximum absolute atomic E-state index is 13.1. The van der Waals surface area contributed by atoms with Crippen LogP contribution in [-0.4, -0.2) is 91.8 Å². The first-order valence-electron chi connectivity index (χ1n) is 13.4. The predicted molar refractivity (Wildman–Crippen MR) is 130 cm³/mol. The van der Waals surface area contributed by atoms with Gasteiger partial charge in [0.25, 0.3) is 0 Å². The van der Waals surface area contributed by atoms with E-state index in [0.29, 0.717) is 11.8 Å². The number of hydrogen-bond acceptors (Lipinski definition) is 6. The molecule has 0 bridgehead atoms. The van der Waals surface area contributed by atoms with Gasteiger partial charge in [-0.3, -0.25) is 0 Å². The molecule has 3 aliphatic heterocycles. The number of rotatable bonds is 9. The van der Waals surface area contributed by atoms with Crippen molar-refractivity contribution >= 4 is 6.09 Å². The Hall–Kier alpha value is -1.15. The van der Waals surface area contributed by atoms with Crippen molar-refractivity contribution in [3.63, 3.8) is 0 Å². The summed E-state index contributed by atoms with van der Waals surface area (Å²) in [6, 6.07) is 0. The molecule has 5 rings (SSSR count). The van der Waals surface area contributed by atoms with E-state index in [4.69, 9.17) is 18.9 Å². The molecule has 1 unspecified atom stereocenters. The van der Waals surface area contributed by atoms with Crippen LogP contribution in [0.1, 0.15) is 53.9 Å². The smallest absolute Gasteiger partial charge is 0.410 e. The van der Waals surface area contributed by atoms with Gasteiger partial charge in [0.05, 0.1) is 18.6 Å². The quantitative estimate of drug-likeness (QED) is 0.373. The van der Waals surface area contributed by atoms with Crippen molar-refractivity contribution in [2.24, 2.45) is 23.7 Å². The number of amides is 1. The Morgan fingerprint density at radius 3 is 2.44 bits per heavy atom. The monoisotopic (exact) mass is 476 g/mol. The third-order valence-electron chi connectivity index (χ3n) is 9.48. The Bertz CT molecular complexity index is 793. The Balaban J connectivity index is 1.19. The fourth-order valence-corrected chi connectivity index (χ4v) is 7.12. The Kier molecular flexibility index (Phi) is 6.54. The lowest BCUT2D eigenvalue weighted by Gasteiger charge is -2.43. The highest BCUT2D eigenvalue weighted by molar-refractivity contribution is 5.68. The molecule has 2 aliphatic carbocycles. The summed E-state index contributed by atoms with van der Waals surface area (Å²) < 4.78 is 24.5. The number of ether oxygens (including phenoxy) is 4. The van der Waals surface area contributed by atoms with Gasteiger partial charge >= 0.3 is 6.09 Å². The molecule has 0 aromatic rings. The molecule has 7 heteroatoms. The number of allylic oxidation sites excluding steroid dienone is 1. The Morgan fingerprint density at radius 2 is 1.88 bits per heavy atom. The molecule has 3 saturated heterocycles. The summed E-state index contributed by atoms with van der Waals surface area (Å²) in [4.78, 5) is 17.6. The average molecular weight is 477 g/mol. The van der Waals surface area contributed by atoms with Crippen LogP contribution in [-0.2, 0) is 18.9 Å². The van der Waals surface area contributed by atoms with Gasteiger partial charge < -0.3 is 28.7 Å². The first kappa shape index (κ1) is 24.5. The number of carbonyl (C=O) groups is 1. The third kappa shape index (κ3) is 4.31. The van der Waals surface area contributed by atoms with Crippen LogP contribution in [0.2, 0.25) is 0 Å². The van der Waals surface area contributed by atoms with Gasteiger partial charge in [-0.05, 0) is 70.9 Å². The summed E-state index contributed by atoms with van der Waals surface area (Å²) >= 11 is 0. The SMILES string of the molecule is CCN(CC)C[C@@H]1[C@H]2CN(C(=O)O[C@@H]3CC[C@]4(CO4)C([C@@]4(C)O[C@@H]4CC=C(C)C)[C@@H]3OC)C[C@@H]12. The average Bonchev–Trinajstić information content (AvgIpc) is 3.77. The van der Waals surface area contributed by atoms with Gasteiger partial charge in [0.15, 0.2) is 0 Å². The largest absolute Gasteiger partial charge is 0.443 e. The summed E-state index contributed by atoms with van der Waals surface area (Å²) in [5.41, 5.74) is 0.809. The molecule has 2 saturated carbocycles. The number of methoxy groups -OCH3 is 1. The first-order chi connectivity index (χ1) is 16.3. The Labute approximate surface area is 205 Å². The third-order valence-corrected chi connectivity index (χ3v) is 9.48. The fraction of sp³-hybridized carbons (Fsp3) is 0.889. The zero-order chi connectivity index (χ0) is 24.3. The van der Waals surface area contributed by atoms with Crippen molar-refractivity contribution in [1.29, 1.82) is 0 Å². The summed E-state index contributed by atoms with van der Waals surface area (Å²) in [6.45, 7) is 16.7. The van der Waals surface area contributed by atoms with Crippen LogP contribution in [0.5, 0.6) is 0 Å². The van der Waals surface area contributed by atoms with E-state index in [1.54, 1.807) is 7.11 Å². The topological polar surface area (TPSA) is 67.1 Å². The highest BCUT2D eigenvalue weighted by Gasteiger charge is 2.72. The second-order valence-corrected chi connectivity index (χ2v) is 11.7. The maximum atomic E-state index is 13.1. The molecule has 0 radical (unpaired) electrons. The van der Waals surface area contributed by atoms with Gasteiger partial charge in [-0.25, -0.2) is 4.79 Å². The second kappa shape index (κ2) is 9.06. The van der Waals surface area contributed by atoms with Gasteiger partial charge in [0.1, 0.15) is 23.4 Å². The van der Waals surface area contributed by atoms with Crippen molar-refractivity contribution in [3.05, 3.63) is 11.6 Å². The van der Waals surface area contributed by atoms with Crippen LogP contribution in [0, 0.1) is 23.7 Å². The van der Waals surface area contributed by atoms with Crippen molar-refractivity contribution < 1.29 is 23.7 Å². The zero-order valence-electron chi connectivity index (χ0n) is 21.9. The number of nitrogens with zero attached hydrogens (tertiary/aromatic N) is 2. The standard InChI is InChI=1S/C27H44N2O5/c1-7-28(8-2)13-18-19-14-29(15-20(18)19)25(30)33-21-11-12-27(16-32-27)24(23(21)31-6)26(5)22(34-26)10-9-17(3)4/h9,18-24H,7-8,10-16H2,1-6H3/t18-,19-,20+,21-,22-,23-,24?,26+,27+/m1/s1. The lowest BCUT2D eigenvalue weighted by Crippen LogP contribution is -2.56. The highest BCUT2D eigenvalue weighted by atomic mass is 16.6. The van der Waals surface area contributed by atoms with Crippen LogP contribution < -0.4 is 0 Å². The van der Waals surface area contributed by atoms with E-state index in [-0.39, 0.29) is 41.5 Å². The van der Waals surface area contributed by atoms with E-state index in [1.807, 2.05) is 4.90 Å². The molecule has 34 heavy (non-hydrogen) atoms. The minimum Gasteiger partial charge on any atom is -0.443 e. The summed E-state index contributed by atoms with van der Waals surface area (Å²) in [5, 5.41) is 0. The molecule has 5 fully saturated rings. The van der Waals surface area contributed by atoms with E-state index in [0.717, 1.165) is 64.5 Å².